The van der Waals surface area contributed by atoms with E-state index in [0.717, 1.165) is 33.0 Å². The Hall–Kier alpha value is -6.69. The standard InChI is InChI=1S/C47H27NO/c48-28-34-11-7-17-40-41-18-8-16-35(47(41)49-46(34)40)30-20-22-31(23-21-30)42-26-44-39-15-6-4-13-37(39)43(27-45(44)38-14-5-3-12-36(38)42)33-24-19-29-9-1-2-10-32(29)25-33/h1-27H. The summed E-state index contributed by atoms with van der Waals surface area (Å²) in [6.45, 7) is 0. The van der Waals surface area contributed by atoms with Gasteiger partial charge in [-0.25, -0.2) is 0 Å². The first-order chi connectivity index (χ1) is 24.2. The van der Waals surface area contributed by atoms with E-state index in [0.29, 0.717) is 11.1 Å². The van der Waals surface area contributed by atoms with Crippen molar-refractivity contribution in [3.05, 3.63) is 169 Å². The molecular formula is C47H27NO. The minimum absolute atomic E-state index is 0.551. The molecule has 0 saturated carbocycles. The lowest BCUT2D eigenvalue weighted by atomic mass is 9.87. The van der Waals surface area contributed by atoms with Crippen LogP contribution in [0.4, 0.5) is 0 Å². The van der Waals surface area contributed by atoms with E-state index in [4.69, 9.17) is 4.42 Å². The molecule has 0 aliphatic heterocycles. The number of hydrogen-bond donors (Lipinski definition) is 0. The van der Waals surface area contributed by atoms with Crippen molar-refractivity contribution in [2.45, 2.75) is 0 Å². The third-order valence-electron chi connectivity index (χ3n) is 10.1. The second kappa shape index (κ2) is 10.7. The van der Waals surface area contributed by atoms with E-state index < -0.39 is 0 Å². The van der Waals surface area contributed by atoms with Crippen molar-refractivity contribution in [3.8, 4) is 39.4 Å². The first kappa shape index (κ1) is 27.4. The van der Waals surface area contributed by atoms with Crippen LogP contribution < -0.4 is 0 Å². The van der Waals surface area contributed by atoms with Gasteiger partial charge in [-0.1, -0.05) is 140 Å². The Morgan fingerprint density at radius 2 is 0.857 bits per heavy atom. The maximum atomic E-state index is 9.68. The smallest absolute Gasteiger partial charge is 0.153 e. The third-order valence-corrected chi connectivity index (χ3v) is 10.1. The molecule has 0 N–H and O–H groups in total. The summed E-state index contributed by atoms with van der Waals surface area (Å²) in [5, 5.41) is 21.6. The Balaban J connectivity index is 1.16. The highest BCUT2D eigenvalue weighted by Crippen LogP contribution is 2.43. The van der Waals surface area contributed by atoms with Gasteiger partial charge in [-0.05, 0) is 95.2 Å². The van der Waals surface area contributed by atoms with Gasteiger partial charge in [0.2, 0.25) is 0 Å². The van der Waals surface area contributed by atoms with Crippen molar-refractivity contribution in [2.75, 3.05) is 0 Å². The van der Waals surface area contributed by atoms with Gasteiger partial charge in [0.05, 0.1) is 5.56 Å². The minimum atomic E-state index is 0.551. The molecule has 0 spiro atoms. The number of nitrogens with zero attached hydrogens (tertiary/aromatic N) is 1. The van der Waals surface area contributed by atoms with Gasteiger partial charge < -0.3 is 4.42 Å². The summed E-state index contributed by atoms with van der Waals surface area (Å²) < 4.78 is 6.36. The van der Waals surface area contributed by atoms with Crippen molar-refractivity contribution in [2.24, 2.45) is 0 Å². The molecule has 49 heavy (non-hydrogen) atoms. The van der Waals surface area contributed by atoms with Crippen LogP contribution in [0.3, 0.4) is 0 Å². The Morgan fingerprint density at radius 3 is 1.53 bits per heavy atom. The molecule has 1 heterocycles. The molecule has 0 bridgehead atoms. The second-order valence-electron chi connectivity index (χ2n) is 12.8. The molecule has 10 rings (SSSR count). The van der Waals surface area contributed by atoms with Crippen LogP contribution in [-0.2, 0) is 0 Å². The molecule has 0 radical (unpaired) electrons. The number of benzene rings is 9. The van der Waals surface area contributed by atoms with Crippen molar-refractivity contribution in [1.29, 1.82) is 5.26 Å². The molecule has 9 aromatic carbocycles. The predicted molar refractivity (Wildman–Crippen MR) is 205 cm³/mol. The summed E-state index contributed by atoms with van der Waals surface area (Å²) in [6.07, 6.45) is 0. The average Bonchev–Trinajstić information content (AvgIpc) is 3.56. The molecule has 0 amide bonds. The molecule has 0 aliphatic carbocycles. The Morgan fingerprint density at radius 1 is 0.347 bits per heavy atom. The summed E-state index contributed by atoms with van der Waals surface area (Å²) in [5.41, 5.74) is 8.92. The Bertz CT molecular complexity index is 2990. The van der Waals surface area contributed by atoms with Crippen molar-refractivity contribution in [3.63, 3.8) is 0 Å². The molecule has 0 saturated heterocycles. The van der Waals surface area contributed by atoms with Crippen LogP contribution in [0.5, 0.6) is 0 Å². The Labute approximate surface area is 282 Å². The van der Waals surface area contributed by atoms with E-state index in [1.165, 1.54) is 59.8 Å². The highest BCUT2D eigenvalue weighted by Gasteiger charge is 2.17. The van der Waals surface area contributed by atoms with Gasteiger partial charge in [-0.15, -0.1) is 0 Å². The maximum Gasteiger partial charge on any atom is 0.153 e. The van der Waals surface area contributed by atoms with Crippen LogP contribution in [-0.4, -0.2) is 0 Å². The first-order valence-corrected chi connectivity index (χ1v) is 16.6. The normalized spacial score (nSPS) is 11.7. The van der Waals surface area contributed by atoms with E-state index >= 15 is 0 Å². The van der Waals surface area contributed by atoms with E-state index in [-0.39, 0.29) is 0 Å². The van der Waals surface area contributed by atoms with Gasteiger partial charge in [-0.2, -0.15) is 5.26 Å². The minimum Gasteiger partial charge on any atom is -0.454 e. The predicted octanol–water partition coefficient (Wildman–Crippen LogP) is 13.1. The molecular weight excluding hydrogens is 595 g/mol. The van der Waals surface area contributed by atoms with Crippen molar-refractivity contribution < 1.29 is 4.42 Å². The number of hydrogen-bond acceptors (Lipinski definition) is 2. The molecule has 10 aromatic rings. The van der Waals surface area contributed by atoms with Gasteiger partial charge in [0, 0.05) is 16.3 Å². The molecule has 2 nitrogen and oxygen atoms in total. The van der Waals surface area contributed by atoms with E-state index in [2.05, 4.69) is 152 Å². The zero-order valence-electron chi connectivity index (χ0n) is 26.4. The van der Waals surface area contributed by atoms with Crippen LogP contribution >= 0.6 is 0 Å². The lowest BCUT2D eigenvalue weighted by Crippen LogP contribution is -1.89. The molecule has 0 unspecified atom stereocenters. The number of furan rings is 1. The number of nitriles is 1. The molecule has 0 aliphatic rings. The average molecular weight is 622 g/mol. The van der Waals surface area contributed by atoms with Crippen LogP contribution in [0.25, 0.3) is 98.4 Å². The Kier molecular flexibility index (Phi) is 5.97. The van der Waals surface area contributed by atoms with Crippen LogP contribution in [0.15, 0.2) is 168 Å². The third kappa shape index (κ3) is 4.20. The fourth-order valence-corrected chi connectivity index (χ4v) is 7.75. The van der Waals surface area contributed by atoms with E-state index in [9.17, 15) is 5.26 Å². The molecule has 0 atom stereocenters. The van der Waals surface area contributed by atoms with Gasteiger partial charge in [0.25, 0.3) is 0 Å². The van der Waals surface area contributed by atoms with Crippen LogP contribution in [0, 0.1) is 11.3 Å². The topological polar surface area (TPSA) is 36.9 Å². The highest BCUT2D eigenvalue weighted by atomic mass is 16.3. The van der Waals surface area contributed by atoms with Gasteiger partial charge in [0.1, 0.15) is 11.7 Å². The van der Waals surface area contributed by atoms with Crippen molar-refractivity contribution in [1.82, 2.24) is 0 Å². The first-order valence-electron chi connectivity index (χ1n) is 16.6. The van der Waals surface area contributed by atoms with E-state index in [1.807, 2.05) is 12.1 Å². The SMILES string of the molecule is N#Cc1cccc2c1oc1c(-c3ccc(-c4cc5c6ccccc6c(-c6ccc7ccccc7c6)cc5c5ccccc45)cc3)cccc12. The molecule has 2 heteroatoms. The largest absolute Gasteiger partial charge is 0.454 e. The van der Waals surface area contributed by atoms with Gasteiger partial charge >= 0.3 is 0 Å². The summed E-state index contributed by atoms with van der Waals surface area (Å²) in [6, 6.07) is 60.8. The number of rotatable bonds is 3. The summed E-state index contributed by atoms with van der Waals surface area (Å²) >= 11 is 0. The van der Waals surface area contributed by atoms with Gasteiger partial charge in [0.15, 0.2) is 5.58 Å². The zero-order valence-corrected chi connectivity index (χ0v) is 26.4. The molecule has 226 valence electrons. The summed E-state index contributed by atoms with van der Waals surface area (Å²) in [4.78, 5) is 0. The van der Waals surface area contributed by atoms with Crippen LogP contribution in [0.2, 0.25) is 0 Å². The summed E-state index contributed by atoms with van der Waals surface area (Å²) in [7, 11) is 0. The maximum absolute atomic E-state index is 9.68. The summed E-state index contributed by atoms with van der Waals surface area (Å²) in [5.74, 6) is 0. The monoisotopic (exact) mass is 621 g/mol. The fourth-order valence-electron chi connectivity index (χ4n) is 7.75. The zero-order chi connectivity index (χ0) is 32.5. The molecule has 1 aromatic heterocycles. The molecule has 0 fully saturated rings. The van der Waals surface area contributed by atoms with Crippen LogP contribution in [0.1, 0.15) is 5.56 Å². The van der Waals surface area contributed by atoms with E-state index in [1.54, 1.807) is 6.07 Å². The number of para-hydroxylation sites is 2. The quantitative estimate of drug-likeness (QED) is 0.184. The highest BCUT2D eigenvalue weighted by molar-refractivity contribution is 6.24. The fraction of sp³-hybridized carbons (Fsp3) is 0. The second-order valence-corrected chi connectivity index (χ2v) is 12.8. The lowest BCUT2D eigenvalue weighted by Gasteiger charge is -2.16. The van der Waals surface area contributed by atoms with Crippen molar-refractivity contribution >= 4 is 65.0 Å². The van der Waals surface area contributed by atoms with Gasteiger partial charge in [-0.3, -0.25) is 0 Å². The lowest BCUT2D eigenvalue weighted by molar-refractivity contribution is 0.668. The number of fused-ring (bicyclic) bond motifs is 9.